The summed E-state index contributed by atoms with van der Waals surface area (Å²) >= 11 is 0. The molecule has 1 aliphatic rings. The summed E-state index contributed by atoms with van der Waals surface area (Å²) in [5.74, 6) is -2.40. The SMILES string of the molecule is Cc1cc(S(=O)(=O)NC2CCNCC2)cc(C(=O)O)c1F. The molecule has 0 amide bonds. The highest BCUT2D eigenvalue weighted by atomic mass is 32.2. The number of halogens is 1. The summed E-state index contributed by atoms with van der Waals surface area (Å²) < 4.78 is 40.8. The van der Waals surface area contributed by atoms with Crippen molar-refractivity contribution in [3.8, 4) is 0 Å². The molecule has 1 heterocycles. The first-order valence-electron chi connectivity index (χ1n) is 6.58. The summed E-state index contributed by atoms with van der Waals surface area (Å²) in [6.07, 6.45) is 1.32. The molecule has 0 spiro atoms. The minimum atomic E-state index is -3.86. The van der Waals surface area contributed by atoms with E-state index in [1.54, 1.807) is 0 Å². The van der Waals surface area contributed by atoms with Crippen LogP contribution in [0.1, 0.15) is 28.8 Å². The van der Waals surface area contributed by atoms with Crippen LogP contribution in [0.4, 0.5) is 4.39 Å². The molecule has 1 aromatic rings. The number of hydrogen-bond donors (Lipinski definition) is 3. The largest absolute Gasteiger partial charge is 0.478 e. The van der Waals surface area contributed by atoms with Crippen LogP contribution in [0.2, 0.25) is 0 Å². The second-order valence-electron chi connectivity index (χ2n) is 5.05. The van der Waals surface area contributed by atoms with Crippen LogP contribution in [-0.4, -0.2) is 38.6 Å². The molecule has 1 aliphatic heterocycles. The third-order valence-electron chi connectivity index (χ3n) is 3.43. The smallest absolute Gasteiger partial charge is 0.338 e. The maximum absolute atomic E-state index is 13.7. The molecule has 0 radical (unpaired) electrons. The number of hydrogen-bond acceptors (Lipinski definition) is 4. The van der Waals surface area contributed by atoms with Crippen molar-refractivity contribution in [3.05, 3.63) is 29.1 Å². The molecule has 0 aromatic heterocycles. The van der Waals surface area contributed by atoms with Gasteiger partial charge in [-0.1, -0.05) is 0 Å². The monoisotopic (exact) mass is 316 g/mol. The second-order valence-corrected chi connectivity index (χ2v) is 6.77. The fourth-order valence-corrected chi connectivity index (χ4v) is 3.69. The summed E-state index contributed by atoms with van der Waals surface area (Å²) in [5.41, 5.74) is -0.652. The summed E-state index contributed by atoms with van der Waals surface area (Å²) in [6.45, 7) is 2.78. The minimum absolute atomic E-state index is 0.0133. The van der Waals surface area contributed by atoms with Gasteiger partial charge in [-0.2, -0.15) is 0 Å². The Morgan fingerprint density at radius 1 is 1.38 bits per heavy atom. The van der Waals surface area contributed by atoms with E-state index in [0.29, 0.717) is 12.8 Å². The lowest BCUT2D eigenvalue weighted by Crippen LogP contribution is -2.42. The third-order valence-corrected chi connectivity index (χ3v) is 4.93. The Kier molecular flexibility index (Phi) is 4.60. The van der Waals surface area contributed by atoms with E-state index in [1.807, 2.05) is 0 Å². The van der Waals surface area contributed by atoms with Gasteiger partial charge in [0.1, 0.15) is 5.82 Å². The first kappa shape index (κ1) is 15.9. The Balaban J connectivity index is 2.33. The van der Waals surface area contributed by atoms with Crippen molar-refractivity contribution in [2.24, 2.45) is 0 Å². The van der Waals surface area contributed by atoms with Crippen molar-refractivity contribution in [2.75, 3.05) is 13.1 Å². The molecule has 0 aliphatic carbocycles. The number of sulfonamides is 1. The minimum Gasteiger partial charge on any atom is -0.478 e. The molecule has 2 rings (SSSR count). The number of carbonyl (C=O) groups is 1. The van der Waals surface area contributed by atoms with Crippen LogP contribution in [0, 0.1) is 12.7 Å². The van der Waals surface area contributed by atoms with Gasteiger partial charge in [0.2, 0.25) is 10.0 Å². The van der Waals surface area contributed by atoms with Gasteiger partial charge in [-0.15, -0.1) is 0 Å². The van der Waals surface area contributed by atoms with Crippen LogP contribution in [0.25, 0.3) is 0 Å². The number of piperidine rings is 1. The van der Waals surface area contributed by atoms with Gasteiger partial charge >= 0.3 is 5.97 Å². The van der Waals surface area contributed by atoms with Crippen molar-refractivity contribution in [1.29, 1.82) is 0 Å². The van der Waals surface area contributed by atoms with E-state index in [2.05, 4.69) is 10.0 Å². The Hall–Kier alpha value is -1.51. The lowest BCUT2D eigenvalue weighted by Gasteiger charge is -2.23. The van der Waals surface area contributed by atoms with Gasteiger partial charge in [0, 0.05) is 6.04 Å². The van der Waals surface area contributed by atoms with Crippen LogP contribution in [0.5, 0.6) is 0 Å². The van der Waals surface area contributed by atoms with Crippen LogP contribution in [0.3, 0.4) is 0 Å². The number of aromatic carboxylic acids is 1. The number of aryl methyl sites for hydroxylation is 1. The molecule has 21 heavy (non-hydrogen) atoms. The van der Waals surface area contributed by atoms with Gasteiger partial charge in [-0.05, 0) is 50.6 Å². The molecule has 0 unspecified atom stereocenters. The molecule has 3 N–H and O–H groups in total. The standard InChI is InChI=1S/C13H17FN2O4S/c1-8-6-10(7-11(12(8)14)13(17)18)21(19,20)16-9-2-4-15-5-3-9/h6-7,9,15-16H,2-5H2,1H3,(H,17,18). The highest BCUT2D eigenvalue weighted by molar-refractivity contribution is 7.89. The van der Waals surface area contributed by atoms with Gasteiger partial charge in [-0.3, -0.25) is 0 Å². The Morgan fingerprint density at radius 2 is 2.00 bits per heavy atom. The molecule has 116 valence electrons. The fourth-order valence-electron chi connectivity index (χ4n) is 2.27. The van der Waals surface area contributed by atoms with E-state index in [4.69, 9.17) is 5.11 Å². The van der Waals surface area contributed by atoms with Crippen LogP contribution >= 0.6 is 0 Å². The lowest BCUT2D eigenvalue weighted by molar-refractivity contribution is 0.0691. The number of benzene rings is 1. The predicted octanol–water partition coefficient (Wildman–Crippen LogP) is 0.863. The van der Waals surface area contributed by atoms with E-state index in [9.17, 15) is 17.6 Å². The van der Waals surface area contributed by atoms with Gasteiger partial charge in [0.25, 0.3) is 0 Å². The Bertz CT molecular complexity index is 654. The summed E-state index contributed by atoms with van der Waals surface area (Å²) in [5, 5.41) is 12.1. The highest BCUT2D eigenvalue weighted by Gasteiger charge is 2.24. The molecule has 0 atom stereocenters. The second kappa shape index (κ2) is 6.08. The number of nitrogens with one attached hydrogen (secondary N) is 2. The van der Waals surface area contributed by atoms with Crippen molar-refractivity contribution < 1.29 is 22.7 Å². The molecule has 1 fully saturated rings. The highest BCUT2D eigenvalue weighted by Crippen LogP contribution is 2.20. The maximum atomic E-state index is 13.7. The number of rotatable bonds is 4. The van der Waals surface area contributed by atoms with E-state index >= 15 is 0 Å². The zero-order valence-corrected chi connectivity index (χ0v) is 12.3. The quantitative estimate of drug-likeness (QED) is 0.766. The average Bonchev–Trinajstić information content (AvgIpc) is 2.41. The zero-order chi connectivity index (χ0) is 15.6. The van der Waals surface area contributed by atoms with Gasteiger partial charge in [0.15, 0.2) is 0 Å². The van der Waals surface area contributed by atoms with E-state index in [1.165, 1.54) is 6.92 Å². The van der Waals surface area contributed by atoms with Crippen molar-refractivity contribution in [1.82, 2.24) is 10.0 Å². The van der Waals surface area contributed by atoms with E-state index in [-0.39, 0.29) is 16.5 Å². The number of carboxylic acids is 1. The molecule has 1 saturated heterocycles. The van der Waals surface area contributed by atoms with Crippen LogP contribution in [-0.2, 0) is 10.0 Å². The predicted molar refractivity (Wildman–Crippen MR) is 74.3 cm³/mol. The van der Waals surface area contributed by atoms with Gasteiger partial charge < -0.3 is 10.4 Å². The fraction of sp³-hybridized carbons (Fsp3) is 0.462. The number of carboxylic acid groups (broad SMARTS) is 1. The van der Waals surface area contributed by atoms with Crippen molar-refractivity contribution in [3.63, 3.8) is 0 Å². The third kappa shape index (κ3) is 3.58. The summed E-state index contributed by atoms with van der Waals surface area (Å²) in [6, 6.07) is 1.80. The molecular weight excluding hydrogens is 299 g/mol. The maximum Gasteiger partial charge on any atom is 0.338 e. The lowest BCUT2D eigenvalue weighted by atomic mass is 10.1. The first-order valence-corrected chi connectivity index (χ1v) is 8.06. The molecular formula is C13H17FN2O4S. The Morgan fingerprint density at radius 3 is 2.57 bits per heavy atom. The van der Waals surface area contributed by atoms with E-state index < -0.39 is 27.4 Å². The summed E-state index contributed by atoms with van der Waals surface area (Å²) in [4.78, 5) is 10.8. The van der Waals surface area contributed by atoms with Crippen molar-refractivity contribution in [2.45, 2.75) is 30.7 Å². The molecule has 6 nitrogen and oxygen atoms in total. The molecule has 8 heteroatoms. The van der Waals surface area contributed by atoms with Crippen LogP contribution < -0.4 is 10.0 Å². The van der Waals surface area contributed by atoms with Crippen molar-refractivity contribution >= 4 is 16.0 Å². The first-order chi connectivity index (χ1) is 9.81. The topological polar surface area (TPSA) is 95.5 Å². The van der Waals surface area contributed by atoms with E-state index in [0.717, 1.165) is 25.2 Å². The normalized spacial score (nSPS) is 16.9. The Labute approximate surface area is 122 Å². The molecule has 0 saturated carbocycles. The van der Waals surface area contributed by atoms with Crippen LogP contribution in [0.15, 0.2) is 17.0 Å². The van der Waals surface area contributed by atoms with Gasteiger partial charge in [-0.25, -0.2) is 22.3 Å². The zero-order valence-electron chi connectivity index (χ0n) is 11.5. The average molecular weight is 316 g/mol. The van der Waals surface area contributed by atoms with Gasteiger partial charge in [0.05, 0.1) is 10.5 Å². The molecule has 0 bridgehead atoms. The molecule has 1 aromatic carbocycles. The summed E-state index contributed by atoms with van der Waals surface area (Å²) in [7, 11) is -3.86.